The second kappa shape index (κ2) is 6.76. The molecule has 3 rings (SSSR count). The summed E-state index contributed by atoms with van der Waals surface area (Å²) >= 11 is 5.88. The van der Waals surface area contributed by atoms with Gasteiger partial charge in [0.25, 0.3) is 0 Å². The van der Waals surface area contributed by atoms with E-state index in [1.54, 1.807) is 42.2 Å². The van der Waals surface area contributed by atoms with E-state index in [0.29, 0.717) is 23.1 Å². The largest absolute Gasteiger partial charge is 0.459 e. The zero-order chi connectivity index (χ0) is 17.1. The summed E-state index contributed by atoms with van der Waals surface area (Å²) in [5.41, 5.74) is 8.01. The number of anilines is 1. The first-order valence-electron chi connectivity index (χ1n) is 7.29. The van der Waals surface area contributed by atoms with E-state index in [0.717, 1.165) is 11.3 Å². The van der Waals surface area contributed by atoms with E-state index in [4.69, 9.17) is 22.1 Å². The van der Waals surface area contributed by atoms with Crippen LogP contribution in [0.5, 0.6) is 0 Å². The molecule has 7 nitrogen and oxygen atoms in total. The lowest BCUT2D eigenvalue weighted by Crippen LogP contribution is -2.16. The number of hydrogen-bond acceptors (Lipinski definition) is 5. The van der Waals surface area contributed by atoms with Crippen LogP contribution in [0.25, 0.3) is 11.3 Å². The molecule has 0 aliphatic heterocycles. The molecule has 0 amide bonds. The summed E-state index contributed by atoms with van der Waals surface area (Å²) in [7, 11) is 1.68. The van der Waals surface area contributed by atoms with Gasteiger partial charge in [-0.15, -0.1) is 0 Å². The summed E-state index contributed by atoms with van der Waals surface area (Å²) in [4.78, 5) is 11.9. The Kier molecular flexibility index (Phi) is 4.52. The summed E-state index contributed by atoms with van der Waals surface area (Å²) < 4.78 is 8.28. The lowest BCUT2D eigenvalue weighted by atomic mass is 10.1. The minimum Gasteiger partial charge on any atom is -0.459 e. The fraction of sp³-hybridized carbons (Fsp3) is 0.188. The second-order valence-corrected chi connectivity index (χ2v) is 5.60. The van der Waals surface area contributed by atoms with Crippen molar-refractivity contribution in [3.63, 3.8) is 0 Å². The van der Waals surface area contributed by atoms with Crippen molar-refractivity contribution in [2.45, 2.75) is 6.54 Å². The summed E-state index contributed by atoms with van der Waals surface area (Å²) in [6.07, 6.45) is 1.54. The first-order chi connectivity index (χ1) is 11.5. The molecule has 8 heteroatoms. The van der Waals surface area contributed by atoms with E-state index < -0.39 is 5.97 Å². The predicted molar refractivity (Wildman–Crippen MR) is 90.6 cm³/mol. The molecule has 124 valence electrons. The number of aryl methyl sites for hydroxylation is 1. The highest BCUT2D eigenvalue weighted by Crippen LogP contribution is 2.22. The third kappa shape index (κ3) is 3.41. The van der Waals surface area contributed by atoms with Crippen LogP contribution in [0.15, 0.2) is 42.6 Å². The van der Waals surface area contributed by atoms with Gasteiger partial charge in [0.05, 0.1) is 12.2 Å². The molecule has 0 bridgehead atoms. The van der Waals surface area contributed by atoms with E-state index >= 15 is 0 Å². The van der Waals surface area contributed by atoms with Crippen LogP contribution in [0, 0.1) is 0 Å². The van der Waals surface area contributed by atoms with Gasteiger partial charge in [0.1, 0.15) is 18.1 Å². The maximum Gasteiger partial charge on any atom is 0.356 e. The molecule has 0 saturated carbocycles. The maximum absolute atomic E-state index is 11.9. The first kappa shape index (κ1) is 16.1. The molecular weight excluding hydrogens is 330 g/mol. The molecule has 0 atom stereocenters. The van der Waals surface area contributed by atoms with Crippen molar-refractivity contribution in [1.29, 1.82) is 0 Å². The van der Waals surface area contributed by atoms with E-state index in [-0.39, 0.29) is 6.61 Å². The number of ether oxygens (including phenoxy) is 1. The van der Waals surface area contributed by atoms with E-state index in [1.807, 2.05) is 12.1 Å². The normalized spacial score (nSPS) is 10.8. The van der Waals surface area contributed by atoms with Crippen molar-refractivity contribution in [3.05, 3.63) is 53.3 Å². The van der Waals surface area contributed by atoms with Gasteiger partial charge >= 0.3 is 5.97 Å². The number of nitrogens with zero attached hydrogens (tertiary/aromatic N) is 4. The standard InChI is InChI=1S/C16H16ClN5O2/c1-21-14(6-7-19-21)16(23)24-9-8-22-15(18)10-13(20-22)11-2-4-12(17)5-3-11/h2-7,10H,8-9,18H2,1H3. The molecule has 24 heavy (non-hydrogen) atoms. The van der Waals surface area contributed by atoms with Gasteiger partial charge in [0, 0.05) is 29.9 Å². The van der Waals surface area contributed by atoms with Crippen LogP contribution in [0.4, 0.5) is 5.82 Å². The minimum atomic E-state index is -0.432. The molecule has 0 spiro atoms. The van der Waals surface area contributed by atoms with E-state index in [9.17, 15) is 4.79 Å². The molecule has 0 fully saturated rings. The minimum absolute atomic E-state index is 0.163. The van der Waals surface area contributed by atoms with Gasteiger partial charge in [-0.2, -0.15) is 10.2 Å². The Labute approximate surface area is 143 Å². The molecular formula is C16H16ClN5O2. The number of carbonyl (C=O) groups excluding carboxylic acids is 1. The SMILES string of the molecule is Cn1nccc1C(=O)OCCn1nc(-c2ccc(Cl)cc2)cc1N. The topological polar surface area (TPSA) is 88.0 Å². The van der Waals surface area contributed by atoms with Crippen LogP contribution in [-0.4, -0.2) is 32.1 Å². The van der Waals surface area contributed by atoms with Crippen molar-refractivity contribution in [3.8, 4) is 11.3 Å². The van der Waals surface area contributed by atoms with Crippen LogP contribution in [0.1, 0.15) is 10.5 Å². The Morgan fingerprint density at radius 3 is 2.71 bits per heavy atom. The van der Waals surface area contributed by atoms with Gasteiger partial charge < -0.3 is 10.5 Å². The molecule has 2 N–H and O–H groups in total. The number of carbonyl (C=O) groups is 1. The number of esters is 1. The monoisotopic (exact) mass is 345 g/mol. The molecule has 2 heterocycles. The van der Waals surface area contributed by atoms with Crippen LogP contribution >= 0.6 is 11.6 Å². The Morgan fingerprint density at radius 2 is 2.04 bits per heavy atom. The van der Waals surface area contributed by atoms with Gasteiger partial charge in [0.2, 0.25) is 0 Å². The number of halogens is 1. The number of hydrogen-bond donors (Lipinski definition) is 1. The number of nitrogen functional groups attached to an aromatic ring is 1. The Hall–Kier alpha value is -2.80. The molecule has 3 aromatic rings. The second-order valence-electron chi connectivity index (χ2n) is 5.16. The van der Waals surface area contributed by atoms with Gasteiger partial charge in [-0.1, -0.05) is 23.7 Å². The van der Waals surface area contributed by atoms with Crippen molar-refractivity contribution in [2.75, 3.05) is 12.3 Å². The van der Waals surface area contributed by atoms with Crippen LogP contribution in [-0.2, 0) is 18.3 Å². The number of rotatable bonds is 5. The summed E-state index contributed by atoms with van der Waals surface area (Å²) in [6, 6.07) is 10.7. The lowest BCUT2D eigenvalue weighted by molar-refractivity contribution is 0.0475. The van der Waals surface area contributed by atoms with Crippen molar-refractivity contribution < 1.29 is 9.53 Å². The molecule has 0 aliphatic carbocycles. The zero-order valence-corrected chi connectivity index (χ0v) is 13.8. The van der Waals surface area contributed by atoms with Crippen LogP contribution < -0.4 is 5.73 Å². The summed E-state index contributed by atoms with van der Waals surface area (Å²) in [6.45, 7) is 0.527. The van der Waals surface area contributed by atoms with Crippen molar-refractivity contribution in [1.82, 2.24) is 19.6 Å². The van der Waals surface area contributed by atoms with Gasteiger partial charge in [-0.05, 0) is 18.2 Å². The quantitative estimate of drug-likeness (QED) is 0.717. The average molecular weight is 346 g/mol. The molecule has 2 aromatic heterocycles. The van der Waals surface area contributed by atoms with Crippen molar-refractivity contribution >= 4 is 23.4 Å². The fourth-order valence-electron chi connectivity index (χ4n) is 2.24. The molecule has 1 aromatic carbocycles. The van der Waals surface area contributed by atoms with E-state index in [1.165, 1.54) is 4.68 Å². The predicted octanol–water partition coefficient (Wildman–Crippen LogP) is 2.38. The Balaban J connectivity index is 1.63. The fourth-order valence-corrected chi connectivity index (χ4v) is 2.37. The maximum atomic E-state index is 11.9. The van der Waals surface area contributed by atoms with E-state index in [2.05, 4.69) is 10.2 Å². The molecule has 0 radical (unpaired) electrons. The third-order valence-electron chi connectivity index (χ3n) is 3.52. The van der Waals surface area contributed by atoms with Gasteiger partial charge in [0.15, 0.2) is 0 Å². The molecule has 0 unspecified atom stereocenters. The Morgan fingerprint density at radius 1 is 1.29 bits per heavy atom. The highest BCUT2D eigenvalue weighted by molar-refractivity contribution is 6.30. The average Bonchev–Trinajstić information content (AvgIpc) is 3.14. The Bertz CT molecular complexity index is 854. The number of benzene rings is 1. The van der Waals surface area contributed by atoms with Crippen LogP contribution in [0.3, 0.4) is 0 Å². The van der Waals surface area contributed by atoms with Crippen LogP contribution in [0.2, 0.25) is 5.02 Å². The molecule has 0 aliphatic rings. The lowest BCUT2D eigenvalue weighted by Gasteiger charge is -2.06. The summed E-state index contributed by atoms with van der Waals surface area (Å²) in [5.74, 6) is 0.0650. The first-order valence-corrected chi connectivity index (χ1v) is 7.67. The highest BCUT2D eigenvalue weighted by Gasteiger charge is 2.12. The van der Waals surface area contributed by atoms with Gasteiger partial charge in [-0.25, -0.2) is 9.48 Å². The highest BCUT2D eigenvalue weighted by atomic mass is 35.5. The zero-order valence-electron chi connectivity index (χ0n) is 13.0. The summed E-state index contributed by atoms with van der Waals surface area (Å²) in [5, 5.41) is 9.02. The number of nitrogens with two attached hydrogens (primary N) is 1. The third-order valence-corrected chi connectivity index (χ3v) is 3.77. The van der Waals surface area contributed by atoms with Gasteiger partial charge in [-0.3, -0.25) is 4.68 Å². The van der Waals surface area contributed by atoms with Crippen molar-refractivity contribution in [2.24, 2.45) is 7.05 Å². The molecule has 0 saturated heterocycles. The smallest absolute Gasteiger partial charge is 0.356 e. The number of aromatic nitrogens is 4.